The van der Waals surface area contributed by atoms with Gasteiger partial charge in [0.15, 0.2) is 0 Å². The van der Waals surface area contributed by atoms with Crippen LogP contribution in [0.2, 0.25) is 0 Å². The molecule has 0 saturated heterocycles. The predicted octanol–water partition coefficient (Wildman–Crippen LogP) is 3.14. The molecular weight excluding hydrogens is 256 g/mol. The van der Waals surface area contributed by atoms with E-state index in [2.05, 4.69) is 0 Å². The van der Waals surface area contributed by atoms with Crippen LogP contribution >= 0.6 is 0 Å². The molecule has 2 aromatic rings. The molecule has 20 heavy (non-hydrogen) atoms. The lowest BCUT2D eigenvalue weighted by atomic mass is 10.0. The van der Waals surface area contributed by atoms with Crippen LogP contribution in [0.3, 0.4) is 0 Å². The summed E-state index contributed by atoms with van der Waals surface area (Å²) in [7, 11) is 1.63. The van der Waals surface area contributed by atoms with Crippen molar-refractivity contribution in [1.29, 1.82) is 0 Å². The molecule has 0 unspecified atom stereocenters. The first-order valence-electron chi connectivity index (χ1n) is 6.41. The zero-order chi connectivity index (χ0) is 14.1. The Bertz CT molecular complexity index is 716. The zero-order valence-corrected chi connectivity index (χ0v) is 11.3. The summed E-state index contributed by atoms with van der Waals surface area (Å²) in [5.41, 5.74) is 0.922. The minimum atomic E-state index is -0.453. The molecule has 0 radical (unpaired) electrons. The van der Waals surface area contributed by atoms with Gasteiger partial charge in [-0.05, 0) is 30.7 Å². The first-order valence-corrected chi connectivity index (χ1v) is 6.41. The van der Waals surface area contributed by atoms with E-state index in [4.69, 9.17) is 14.2 Å². The van der Waals surface area contributed by atoms with E-state index in [1.165, 1.54) is 0 Å². The second kappa shape index (κ2) is 4.89. The Hall–Kier alpha value is -2.49. The summed E-state index contributed by atoms with van der Waals surface area (Å²) in [5.74, 6) is 1.17. The fourth-order valence-corrected chi connectivity index (χ4v) is 2.35. The summed E-state index contributed by atoms with van der Waals surface area (Å²) < 4.78 is 16.0. The van der Waals surface area contributed by atoms with E-state index in [-0.39, 0.29) is 5.76 Å². The normalized spacial score (nSPS) is 12.6. The number of carbonyl (C=O) groups is 1. The van der Waals surface area contributed by atoms with Crippen LogP contribution in [0, 0.1) is 0 Å². The molecule has 0 N–H and O–H groups in total. The average molecular weight is 270 g/mol. The minimum absolute atomic E-state index is 0.206. The van der Waals surface area contributed by atoms with E-state index < -0.39 is 5.97 Å². The zero-order valence-electron chi connectivity index (χ0n) is 11.3. The van der Waals surface area contributed by atoms with E-state index >= 15 is 0 Å². The van der Waals surface area contributed by atoms with Crippen LogP contribution < -0.4 is 9.47 Å². The quantitative estimate of drug-likeness (QED) is 0.804. The van der Waals surface area contributed by atoms with Gasteiger partial charge < -0.3 is 14.2 Å². The number of ether oxygens (including phenoxy) is 3. The SMILES string of the molecule is CCOC(=O)C1=Cc2ccc(OC)c3cccc(c23)O1. The molecule has 0 atom stereocenters. The van der Waals surface area contributed by atoms with E-state index in [1.807, 2.05) is 30.3 Å². The van der Waals surface area contributed by atoms with Crippen LogP contribution in [0.5, 0.6) is 11.5 Å². The molecule has 0 spiro atoms. The lowest BCUT2D eigenvalue weighted by Crippen LogP contribution is -2.14. The highest BCUT2D eigenvalue weighted by Crippen LogP contribution is 2.39. The van der Waals surface area contributed by atoms with Gasteiger partial charge in [0.25, 0.3) is 0 Å². The molecule has 2 aromatic carbocycles. The molecule has 4 nitrogen and oxygen atoms in total. The number of esters is 1. The van der Waals surface area contributed by atoms with Crippen LogP contribution in [-0.2, 0) is 9.53 Å². The van der Waals surface area contributed by atoms with Crippen LogP contribution in [-0.4, -0.2) is 19.7 Å². The van der Waals surface area contributed by atoms with Crippen LogP contribution in [0.25, 0.3) is 16.8 Å². The van der Waals surface area contributed by atoms with Crippen molar-refractivity contribution >= 4 is 22.8 Å². The van der Waals surface area contributed by atoms with Crippen LogP contribution in [0.4, 0.5) is 0 Å². The fourth-order valence-electron chi connectivity index (χ4n) is 2.35. The van der Waals surface area contributed by atoms with Crippen LogP contribution in [0.15, 0.2) is 36.1 Å². The molecule has 102 valence electrons. The lowest BCUT2D eigenvalue weighted by Gasteiger charge is -2.18. The molecule has 0 aromatic heterocycles. The van der Waals surface area contributed by atoms with Crippen molar-refractivity contribution in [3.63, 3.8) is 0 Å². The number of carbonyl (C=O) groups excluding carboxylic acids is 1. The highest BCUT2D eigenvalue weighted by molar-refractivity contribution is 6.04. The van der Waals surface area contributed by atoms with Crippen molar-refractivity contribution in [1.82, 2.24) is 0 Å². The van der Waals surface area contributed by atoms with Gasteiger partial charge >= 0.3 is 5.97 Å². The van der Waals surface area contributed by atoms with E-state index in [0.717, 1.165) is 22.1 Å². The van der Waals surface area contributed by atoms with Gasteiger partial charge in [-0.2, -0.15) is 0 Å². The van der Waals surface area contributed by atoms with Crippen molar-refractivity contribution in [3.8, 4) is 11.5 Å². The topological polar surface area (TPSA) is 44.8 Å². The summed E-state index contributed by atoms with van der Waals surface area (Å²) in [4.78, 5) is 11.8. The molecule has 0 aliphatic carbocycles. The molecule has 3 rings (SSSR count). The van der Waals surface area contributed by atoms with E-state index in [9.17, 15) is 4.79 Å². The first kappa shape index (κ1) is 12.5. The molecule has 0 fully saturated rings. The Labute approximate surface area is 116 Å². The van der Waals surface area contributed by atoms with Gasteiger partial charge in [-0.1, -0.05) is 18.2 Å². The maximum absolute atomic E-state index is 11.8. The monoisotopic (exact) mass is 270 g/mol. The minimum Gasteiger partial charge on any atom is -0.496 e. The average Bonchev–Trinajstić information content (AvgIpc) is 2.48. The van der Waals surface area contributed by atoms with Crippen molar-refractivity contribution < 1.29 is 19.0 Å². The van der Waals surface area contributed by atoms with Gasteiger partial charge in [0, 0.05) is 10.8 Å². The van der Waals surface area contributed by atoms with Gasteiger partial charge in [0.05, 0.1) is 13.7 Å². The molecule has 0 saturated carbocycles. The summed E-state index contributed by atoms with van der Waals surface area (Å²) in [6.45, 7) is 2.08. The molecule has 0 amide bonds. The summed E-state index contributed by atoms with van der Waals surface area (Å²) in [6.07, 6.45) is 1.70. The van der Waals surface area contributed by atoms with E-state index in [0.29, 0.717) is 12.4 Å². The second-order valence-corrected chi connectivity index (χ2v) is 4.37. The van der Waals surface area contributed by atoms with Crippen LogP contribution in [0.1, 0.15) is 12.5 Å². The highest BCUT2D eigenvalue weighted by Gasteiger charge is 2.22. The maximum atomic E-state index is 11.8. The second-order valence-electron chi connectivity index (χ2n) is 4.37. The Balaban J connectivity index is 2.17. The Morgan fingerprint density at radius 3 is 2.85 bits per heavy atom. The van der Waals surface area contributed by atoms with Crippen molar-refractivity contribution in [2.24, 2.45) is 0 Å². The number of benzene rings is 2. The number of rotatable bonds is 3. The standard InChI is InChI=1S/C16H14O4/c1-3-19-16(17)14-9-10-7-8-12(18-2)11-5-4-6-13(20-14)15(10)11/h4-9H,3H2,1-2H3. The summed E-state index contributed by atoms with van der Waals surface area (Å²) >= 11 is 0. The van der Waals surface area contributed by atoms with Crippen molar-refractivity contribution in [3.05, 3.63) is 41.7 Å². The van der Waals surface area contributed by atoms with Crippen molar-refractivity contribution in [2.45, 2.75) is 6.92 Å². The largest absolute Gasteiger partial charge is 0.496 e. The maximum Gasteiger partial charge on any atom is 0.374 e. The third-order valence-electron chi connectivity index (χ3n) is 3.20. The molecular formula is C16H14O4. The third kappa shape index (κ3) is 1.90. The summed E-state index contributed by atoms with van der Waals surface area (Å²) in [6, 6.07) is 9.46. The molecule has 0 bridgehead atoms. The first-order chi connectivity index (χ1) is 9.74. The third-order valence-corrected chi connectivity index (χ3v) is 3.20. The molecule has 1 aliphatic rings. The summed E-state index contributed by atoms with van der Waals surface area (Å²) in [5, 5.41) is 1.90. The van der Waals surface area contributed by atoms with E-state index in [1.54, 1.807) is 20.1 Å². The van der Waals surface area contributed by atoms with Crippen molar-refractivity contribution in [2.75, 3.05) is 13.7 Å². The molecule has 1 heterocycles. The highest BCUT2D eigenvalue weighted by atomic mass is 16.6. The smallest absolute Gasteiger partial charge is 0.374 e. The van der Waals surface area contributed by atoms with Gasteiger partial charge in [0.1, 0.15) is 11.5 Å². The number of hydrogen-bond donors (Lipinski definition) is 0. The Morgan fingerprint density at radius 2 is 2.10 bits per heavy atom. The molecule has 1 aliphatic heterocycles. The fraction of sp³-hybridized carbons (Fsp3) is 0.188. The molecule has 4 heteroatoms. The number of hydrogen-bond acceptors (Lipinski definition) is 4. The van der Waals surface area contributed by atoms with Gasteiger partial charge in [-0.15, -0.1) is 0 Å². The lowest BCUT2D eigenvalue weighted by molar-refractivity contribution is -0.140. The Morgan fingerprint density at radius 1 is 1.25 bits per heavy atom. The predicted molar refractivity (Wildman–Crippen MR) is 75.7 cm³/mol. The number of methoxy groups -OCH3 is 1. The van der Waals surface area contributed by atoms with Gasteiger partial charge in [-0.3, -0.25) is 0 Å². The van der Waals surface area contributed by atoms with Gasteiger partial charge in [0.2, 0.25) is 5.76 Å². The Kier molecular flexibility index (Phi) is 3.06. The van der Waals surface area contributed by atoms with Gasteiger partial charge in [-0.25, -0.2) is 4.79 Å².